The molecule has 1 aliphatic rings. The van der Waals surface area contributed by atoms with E-state index in [1.165, 1.54) is 6.42 Å². The van der Waals surface area contributed by atoms with Crippen molar-refractivity contribution in [2.45, 2.75) is 39.3 Å². The zero-order valence-electron chi connectivity index (χ0n) is 10.5. The van der Waals surface area contributed by atoms with E-state index in [2.05, 4.69) is 30.1 Å². The second kappa shape index (κ2) is 5.02. The van der Waals surface area contributed by atoms with Crippen molar-refractivity contribution in [1.29, 1.82) is 0 Å². The van der Waals surface area contributed by atoms with E-state index in [1.54, 1.807) is 0 Å². The molecule has 0 amide bonds. The van der Waals surface area contributed by atoms with Gasteiger partial charge in [0.15, 0.2) is 0 Å². The molecule has 1 aliphatic heterocycles. The van der Waals surface area contributed by atoms with Crippen LogP contribution in [0.25, 0.3) is 0 Å². The molecule has 3 heteroatoms. The number of nitrogens with one attached hydrogen (secondary N) is 1. The molecule has 0 spiro atoms. The van der Waals surface area contributed by atoms with Crippen molar-refractivity contribution >= 4 is 0 Å². The van der Waals surface area contributed by atoms with Gasteiger partial charge in [0.25, 0.3) is 0 Å². The van der Waals surface area contributed by atoms with Gasteiger partial charge >= 0.3 is 0 Å². The second-order valence-corrected chi connectivity index (χ2v) is 4.83. The van der Waals surface area contributed by atoms with Crippen molar-refractivity contribution in [2.75, 3.05) is 19.6 Å². The molecule has 0 aliphatic carbocycles. The van der Waals surface area contributed by atoms with Crippen LogP contribution < -0.4 is 5.32 Å². The summed E-state index contributed by atoms with van der Waals surface area (Å²) in [4.78, 5) is 2.50. The van der Waals surface area contributed by atoms with Crippen molar-refractivity contribution in [3.8, 4) is 0 Å². The van der Waals surface area contributed by atoms with E-state index in [0.29, 0.717) is 12.1 Å². The van der Waals surface area contributed by atoms with Gasteiger partial charge in [0.1, 0.15) is 11.5 Å². The Morgan fingerprint density at radius 2 is 2.31 bits per heavy atom. The predicted octanol–water partition coefficient (Wildman–Crippen LogP) is 2.33. The smallest absolute Gasteiger partial charge is 0.121 e. The van der Waals surface area contributed by atoms with Crippen molar-refractivity contribution in [1.82, 2.24) is 10.2 Å². The summed E-state index contributed by atoms with van der Waals surface area (Å²) in [5.74, 6) is 2.09. The zero-order valence-corrected chi connectivity index (χ0v) is 10.5. The maximum Gasteiger partial charge on any atom is 0.121 e. The van der Waals surface area contributed by atoms with Gasteiger partial charge in [-0.15, -0.1) is 0 Å². The Balaban J connectivity index is 2.05. The lowest BCUT2D eigenvalue weighted by atomic mass is 10.2. The first-order valence-corrected chi connectivity index (χ1v) is 6.20. The summed E-state index contributed by atoms with van der Waals surface area (Å²) in [5.41, 5.74) is 0. The number of nitrogens with zero attached hydrogens (tertiary/aromatic N) is 1. The molecule has 1 aromatic heterocycles. The van der Waals surface area contributed by atoms with Gasteiger partial charge in [0, 0.05) is 19.1 Å². The summed E-state index contributed by atoms with van der Waals surface area (Å²) in [6, 6.07) is 5.10. The molecule has 2 heterocycles. The fraction of sp³-hybridized carbons (Fsp3) is 0.692. The standard InChI is InChI=1S/C13H22N2O/c1-10-9-15(8-4-7-14-10)12(3)13-6-5-11(2)16-13/h5-6,10,12,14H,4,7-9H2,1-3H3. The third kappa shape index (κ3) is 2.66. The first-order chi connectivity index (χ1) is 7.66. The molecule has 2 rings (SSSR count). The van der Waals surface area contributed by atoms with Gasteiger partial charge < -0.3 is 9.73 Å². The Bertz CT molecular complexity index is 334. The van der Waals surface area contributed by atoms with E-state index in [0.717, 1.165) is 31.2 Å². The van der Waals surface area contributed by atoms with Crippen LogP contribution in [0.15, 0.2) is 16.5 Å². The fourth-order valence-electron chi connectivity index (χ4n) is 2.35. The molecule has 3 nitrogen and oxygen atoms in total. The minimum Gasteiger partial charge on any atom is -0.465 e. The van der Waals surface area contributed by atoms with Gasteiger partial charge in [-0.05, 0) is 45.9 Å². The molecule has 0 saturated carbocycles. The van der Waals surface area contributed by atoms with Crippen LogP contribution in [0.5, 0.6) is 0 Å². The summed E-state index contributed by atoms with van der Waals surface area (Å²) in [6.45, 7) is 9.86. The minimum absolute atomic E-state index is 0.385. The van der Waals surface area contributed by atoms with E-state index in [4.69, 9.17) is 4.42 Å². The van der Waals surface area contributed by atoms with Crippen LogP contribution in [0.2, 0.25) is 0 Å². The zero-order chi connectivity index (χ0) is 11.5. The van der Waals surface area contributed by atoms with Crippen LogP contribution in [0.1, 0.15) is 37.8 Å². The molecule has 1 saturated heterocycles. The average Bonchev–Trinajstić information content (AvgIpc) is 2.56. The minimum atomic E-state index is 0.385. The van der Waals surface area contributed by atoms with Crippen molar-refractivity contribution < 1.29 is 4.42 Å². The fourth-order valence-corrected chi connectivity index (χ4v) is 2.35. The average molecular weight is 222 g/mol. The summed E-state index contributed by atoms with van der Waals surface area (Å²) in [5, 5.41) is 3.51. The monoisotopic (exact) mass is 222 g/mol. The lowest BCUT2D eigenvalue weighted by molar-refractivity contribution is 0.186. The Labute approximate surface area is 97.8 Å². The summed E-state index contributed by atoms with van der Waals surface area (Å²) in [7, 11) is 0. The van der Waals surface area contributed by atoms with Crippen LogP contribution in [-0.2, 0) is 0 Å². The molecule has 2 unspecified atom stereocenters. The molecular weight excluding hydrogens is 200 g/mol. The Kier molecular flexibility index (Phi) is 3.66. The first kappa shape index (κ1) is 11.7. The summed E-state index contributed by atoms with van der Waals surface area (Å²) >= 11 is 0. The molecule has 2 atom stereocenters. The van der Waals surface area contributed by atoms with Gasteiger partial charge in [0.05, 0.1) is 6.04 Å². The van der Waals surface area contributed by atoms with Crippen LogP contribution in [-0.4, -0.2) is 30.6 Å². The van der Waals surface area contributed by atoms with Crippen LogP contribution in [0.3, 0.4) is 0 Å². The number of rotatable bonds is 2. The van der Waals surface area contributed by atoms with Crippen LogP contribution >= 0.6 is 0 Å². The normalized spacial score (nSPS) is 25.3. The second-order valence-electron chi connectivity index (χ2n) is 4.83. The molecule has 1 aromatic rings. The quantitative estimate of drug-likeness (QED) is 0.832. The van der Waals surface area contributed by atoms with Crippen LogP contribution in [0.4, 0.5) is 0 Å². The van der Waals surface area contributed by atoms with Gasteiger partial charge in [-0.25, -0.2) is 0 Å². The molecule has 1 fully saturated rings. The molecule has 16 heavy (non-hydrogen) atoms. The summed E-state index contributed by atoms with van der Waals surface area (Å²) in [6.07, 6.45) is 1.22. The Hall–Kier alpha value is -0.800. The van der Waals surface area contributed by atoms with Crippen molar-refractivity contribution in [2.24, 2.45) is 0 Å². The molecule has 0 bridgehead atoms. The van der Waals surface area contributed by atoms with E-state index >= 15 is 0 Å². The maximum absolute atomic E-state index is 5.71. The number of furan rings is 1. The number of hydrogen-bond acceptors (Lipinski definition) is 3. The Morgan fingerprint density at radius 1 is 1.50 bits per heavy atom. The van der Waals surface area contributed by atoms with E-state index in [1.807, 2.05) is 13.0 Å². The lowest BCUT2D eigenvalue weighted by Gasteiger charge is -2.27. The summed E-state index contributed by atoms with van der Waals surface area (Å²) < 4.78 is 5.71. The highest BCUT2D eigenvalue weighted by molar-refractivity contribution is 5.09. The lowest BCUT2D eigenvalue weighted by Crippen LogP contribution is -2.36. The number of hydrogen-bond donors (Lipinski definition) is 1. The van der Waals surface area contributed by atoms with Crippen molar-refractivity contribution in [3.63, 3.8) is 0 Å². The molecule has 0 radical (unpaired) electrons. The van der Waals surface area contributed by atoms with Gasteiger partial charge in [-0.1, -0.05) is 0 Å². The molecule has 90 valence electrons. The van der Waals surface area contributed by atoms with Crippen molar-refractivity contribution in [3.05, 3.63) is 23.7 Å². The predicted molar refractivity (Wildman–Crippen MR) is 65.5 cm³/mol. The highest BCUT2D eigenvalue weighted by atomic mass is 16.3. The SMILES string of the molecule is Cc1ccc(C(C)N2CCCNC(C)C2)o1. The highest BCUT2D eigenvalue weighted by Crippen LogP contribution is 2.23. The molecule has 0 aromatic carbocycles. The van der Waals surface area contributed by atoms with E-state index in [9.17, 15) is 0 Å². The van der Waals surface area contributed by atoms with Crippen LogP contribution in [0, 0.1) is 6.92 Å². The van der Waals surface area contributed by atoms with Gasteiger partial charge in [-0.2, -0.15) is 0 Å². The molecular formula is C13H22N2O. The maximum atomic E-state index is 5.71. The van der Waals surface area contributed by atoms with E-state index < -0.39 is 0 Å². The largest absolute Gasteiger partial charge is 0.465 e. The van der Waals surface area contributed by atoms with E-state index in [-0.39, 0.29) is 0 Å². The van der Waals surface area contributed by atoms with Gasteiger partial charge in [0.2, 0.25) is 0 Å². The molecule has 1 N–H and O–H groups in total. The Morgan fingerprint density at radius 3 is 3.00 bits per heavy atom. The highest BCUT2D eigenvalue weighted by Gasteiger charge is 2.22. The third-order valence-electron chi connectivity index (χ3n) is 3.34. The van der Waals surface area contributed by atoms with Gasteiger partial charge in [-0.3, -0.25) is 4.90 Å². The topological polar surface area (TPSA) is 28.4 Å². The first-order valence-electron chi connectivity index (χ1n) is 6.20. The third-order valence-corrected chi connectivity index (χ3v) is 3.34. The number of aryl methyl sites for hydroxylation is 1.